The van der Waals surface area contributed by atoms with Crippen LogP contribution in [0.5, 0.6) is 0 Å². The van der Waals surface area contributed by atoms with E-state index >= 15 is 0 Å². The van der Waals surface area contributed by atoms with Gasteiger partial charge in [0.25, 0.3) is 5.91 Å². The highest BCUT2D eigenvalue weighted by molar-refractivity contribution is 7.93. The molecule has 1 N–H and O–H groups in total. The van der Waals surface area contributed by atoms with Crippen molar-refractivity contribution in [2.45, 2.75) is 56.2 Å². The second kappa shape index (κ2) is 8.42. The summed E-state index contributed by atoms with van der Waals surface area (Å²) < 4.78 is 29.6. The lowest BCUT2D eigenvalue weighted by molar-refractivity contribution is 0.0793. The molecule has 180 valence electrons. The van der Waals surface area contributed by atoms with Crippen molar-refractivity contribution in [3.8, 4) is 17.3 Å². The van der Waals surface area contributed by atoms with Crippen LogP contribution in [0.3, 0.4) is 0 Å². The summed E-state index contributed by atoms with van der Waals surface area (Å²) in [6.07, 6.45) is 6.71. The van der Waals surface area contributed by atoms with Crippen molar-refractivity contribution in [3.63, 3.8) is 0 Å². The predicted molar refractivity (Wildman–Crippen MR) is 136 cm³/mol. The van der Waals surface area contributed by atoms with Gasteiger partial charge in [0.15, 0.2) is 0 Å². The maximum atomic E-state index is 13.1. The lowest BCUT2D eigenvalue weighted by atomic mass is 9.92. The Morgan fingerprint density at radius 1 is 0.971 bits per heavy atom. The lowest BCUT2D eigenvalue weighted by Crippen LogP contribution is -2.27. The molecule has 2 saturated carbocycles. The zero-order chi connectivity index (χ0) is 24.2. The van der Waals surface area contributed by atoms with Crippen molar-refractivity contribution in [1.82, 2.24) is 9.47 Å². The summed E-state index contributed by atoms with van der Waals surface area (Å²) in [5.74, 6) is 0.0538. The third-order valence-electron chi connectivity index (χ3n) is 7.58. The van der Waals surface area contributed by atoms with Gasteiger partial charge in [-0.2, -0.15) is 5.26 Å². The monoisotopic (exact) mass is 488 g/mol. The summed E-state index contributed by atoms with van der Waals surface area (Å²) in [7, 11) is -3.33. The van der Waals surface area contributed by atoms with Gasteiger partial charge in [0.2, 0.25) is 10.0 Å². The number of nitrogens with zero attached hydrogens (tertiary/aromatic N) is 3. The molecule has 6 rings (SSSR count). The smallest absolute Gasteiger partial charge is 0.253 e. The third kappa shape index (κ3) is 3.88. The Hall–Kier alpha value is -3.31. The largest absolute Gasteiger partial charge is 0.339 e. The molecule has 2 aromatic carbocycles. The highest BCUT2D eigenvalue weighted by Gasteiger charge is 2.36. The molecule has 1 aromatic heterocycles. The minimum atomic E-state index is -3.33. The summed E-state index contributed by atoms with van der Waals surface area (Å²) in [6, 6.07) is 15.7. The van der Waals surface area contributed by atoms with Gasteiger partial charge in [-0.3, -0.25) is 9.52 Å². The SMILES string of the molecule is N#Cc1c(-c2ccc(NS(=O)(=O)C3CC3)cc2)n(C2CCC2)c2cc(C(=O)N3CCCC3)ccc12. The fraction of sp³-hybridized carbons (Fsp3) is 0.407. The van der Waals surface area contributed by atoms with Crippen molar-refractivity contribution in [1.29, 1.82) is 5.26 Å². The van der Waals surface area contributed by atoms with Crippen molar-refractivity contribution in [2.75, 3.05) is 17.8 Å². The number of amides is 1. The average Bonchev–Trinajstić information content (AvgIpc) is 3.47. The molecule has 0 bridgehead atoms. The number of hydrogen-bond donors (Lipinski definition) is 1. The molecule has 1 aliphatic heterocycles. The molecule has 0 spiro atoms. The van der Waals surface area contributed by atoms with Crippen LogP contribution in [0.25, 0.3) is 22.2 Å². The van der Waals surface area contributed by atoms with Crippen LogP contribution < -0.4 is 4.72 Å². The molecule has 2 aliphatic carbocycles. The van der Waals surface area contributed by atoms with Crippen LogP contribution in [0, 0.1) is 11.3 Å². The Bertz CT molecular complexity index is 1450. The van der Waals surface area contributed by atoms with E-state index in [0.29, 0.717) is 29.7 Å². The van der Waals surface area contributed by atoms with Crippen LogP contribution in [0.1, 0.15) is 66.9 Å². The van der Waals surface area contributed by atoms with E-state index in [0.717, 1.165) is 67.4 Å². The van der Waals surface area contributed by atoms with Crippen molar-refractivity contribution >= 4 is 32.5 Å². The first-order chi connectivity index (χ1) is 17.0. The van der Waals surface area contributed by atoms with Crippen LogP contribution in [0.4, 0.5) is 5.69 Å². The number of anilines is 1. The van der Waals surface area contributed by atoms with Gasteiger partial charge in [0.1, 0.15) is 6.07 Å². The first kappa shape index (κ1) is 22.2. The number of rotatable bonds is 6. The number of benzene rings is 2. The molecule has 2 heterocycles. The maximum Gasteiger partial charge on any atom is 0.253 e. The molecule has 8 heteroatoms. The molecular formula is C27H28N4O3S. The van der Waals surface area contributed by atoms with Crippen LogP contribution in [0.15, 0.2) is 42.5 Å². The summed E-state index contributed by atoms with van der Waals surface area (Å²) in [5, 5.41) is 10.7. The fourth-order valence-electron chi connectivity index (χ4n) is 5.29. The van der Waals surface area contributed by atoms with Gasteiger partial charge >= 0.3 is 0 Å². The van der Waals surface area contributed by atoms with Crippen LogP contribution >= 0.6 is 0 Å². The standard InChI is InChI=1S/C27H28N4O3S/c28-17-24-23-13-8-19(27(32)30-14-1-2-15-30)16-25(23)31(21-4-3-5-21)26(24)18-6-9-20(10-7-18)29-35(33,34)22-11-12-22/h6-10,13,16,21-22,29H,1-5,11-12,14-15H2. The van der Waals surface area contributed by atoms with Crippen LogP contribution in [-0.2, 0) is 10.0 Å². The Balaban J connectivity index is 1.43. The normalized spacial score (nSPS) is 18.4. The molecule has 35 heavy (non-hydrogen) atoms. The fourth-order valence-corrected chi connectivity index (χ4v) is 6.68. The van der Waals surface area contributed by atoms with Gasteiger partial charge < -0.3 is 9.47 Å². The number of carbonyl (C=O) groups excluding carboxylic acids is 1. The number of carbonyl (C=O) groups is 1. The number of nitriles is 1. The molecule has 1 amide bonds. The van der Waals surface area contributed by atoms with E-state index in [1.54, 1.807) is 12.1 Å². The molecule has 3 aliphatic rings. The van der Waals surface area contributed by atoms with Crippen molar-refractivity contribution in [3.05, 3.63) is 53.6 Å². The van der Waals surface area contributed by atoms with E-state index in [-0.39, 0.29) is 17.2 Å². The van der Waals surface area contributed by atoms with E-state index in [1.165, 1.54) is 0 Å². The predicted octanol–water partition coefficient (Wildman–Crippen LogP) is 5.05. The highest BCUT2D eigenvalue weighted by atomic mass is 32.2. The van der Waals surface area contributed by atoms with E-state index in [2.05, 4.69) is 15.4 Å². The Morgan fingerprint density at radius 2 is 1.69 bits per heavy atom. The van der Waals surface area contributed by atoms with Crippen LogP contribution in [-0.4, -0.2) is 42.1 Å². The van der Waals surface area contributed by atoms with Crippen molar-refractivity contribution < 1.29 is 13.2 Å². The third-order valence-corrected chi connectivity index (χ3v) is 9.45. The van der Waals surface area contributed by atoms with Gasteiger partial charge in [-0.15, -0.1) is 0 Å². The molecule has 1 saturated heterocycles. The van der Waals surface area contributed by atoms with E-state index in [4.69, 9.17) is 0 Å². The lowest BCUT2D eigenvalue weighted by Gasteiger charge is -2.30. The number of aromatic nitrogens is 1. The quantitative estimate of drug-likeness (QED) is 0.526. The Labute approximate surface area is 205 Å². The number of likely N-dealkylation sites (tertiary alicyclic amines) is 1. The van der Waals surface area contributed by atoms with Gasteiger partial charge in [0, 0.05) is 35.8 Å². The minimum Gasteiger partial charge on any atom is -0.339 e. The van der Waals surface area contributed by atoms with Crippen molar-refractivity contribution in [2.24, 2.45) is 0 Å². The van der Waals surface area contributed by atoms with Gasteiger partial charge in [-0.05, 0) is 74.8 Å². The first-order valence-corrected chi connectivity index (χ1v) is 14.0. The van der Waals surface area contributed by atoms with E-state index < -0.39 is 10.0 Å². The Morgan fingerprint density at radius 3 is 2.29 bits per heavy atom. The number of nitrogens with one attached hydrogen (secondary N) is 1. The van der Waals surface area contributed by atoms with Gasteiger partial charge in [-0.25, -0.2) is 8.42 Å². The number of sulfonamides is 1. The van der Waals surface area contributed by atoms with Crippen LogP contribution in [0.2, 0.25) is 0 Å². The topological polar surface area (TPSA) is 95.2 Å². The van der Waals surface area contributed by atoms with E-state index in [9.17, 15) is 18.5 Å². The Kier molecular flexibility index (Phi) is 5.33. The van der Waals surface area contributed by atoms with E-state index in [1.807, 2.05) is 35.2 Å². The summed E-state index contributed by atoms with van der Waals surface area (Å²) in [6.45, 7) is 1.60. The van der Waals surface area contributed by atoms with Gasteiger partial charge in [0.05, 0.1) is 22.0 Å². The second-order valence-electron chi connectivity index (χ2n) is 9.95. The summed E-state index contributed by atoms with van der Waals surface area (Å²) >= 11 is 0. The minimum absolute atomic E-state index is 0.0538. The molecule has 3 fully saturated rings. The number of fused-ring (bicyclic) bond motifs is 1. The molecule has 3 aromatic rings. The zero-order valence-corrected chi connectivity index (χ0v) is 20.4. The first-order valence-electron chi connectivity index (χ1n) is 12.5. The number of hydrogen-bond acceptors (Lipinski definition) is 4. The zero-order valence-electron chi connectivity index (χ0n) is 19.5. The van der Waals surface area contributed by atoms with Gasteiger partial charge in [-0.1, -0.05) is 18.2 Å². The molecule has 7 nitrogen and oxygen atoms in total. The highest BCUT2D eigenvalue weighted by Crippen LogP contribution is 2.43. The summed E-state index contributed by atoms with van der Waals surface area (Å²) in [5.41, 5.74) is 4.42. The summed E-state index contributed by atoms with van der Waals surface area (Å²) in [4.78, 5) is 15.0. The molecule has 0 unspecified atom stereocenters. The molecule has 0 radical (unpaired) electrons. The molecule has 0 atom stereocenters. The molecular weight excluding hydrogens is 460 g/mol. The average molecular weight is 489 g/mol. The maximum absolute atomic E-state index is 13.1. The second-order valence-corrected chi connectivity index (χ2v) is 11.9.